The van der Waals surface area contributed by atoms with Gasteiger partial charge in [-0.05, 0) is 0 Å². The standard InChI is InChI=1S/C18H15NO3.C5H12O3/c20-16(21)12-11-15-19-17(13-7-3-1-4-8-13)18(22-15)14-9-5-2-6-10-14;1-5(2-6,3-7)4-8/h1-10H,11-12H2,(H,20,21);6-8H,2-4H2,1H3. The van der Waals surface area contributed by atoms with E-state index < -0.39 is 11.4 Å². The van der Waals surface area contributed by atoms with Crippen molar-refractivity contribution in [3.8, 4) is 22.6 Å². The molecule has 7 nitrogen and oxygen atoms in total. The molecule has 2 aromatic carbocycles. The third kappa shape index (κ3) is 6.52. The first-order chi connectivity index (χ1) is 14.4. The Balaban J connectivity index is 0.000000343. The third-order valence-corrected chi connectivity index (χ3v) is 4.45. The molecule has 0 spiro atoms. The Hall–Kier alpha value is -3.00. The molecule has 0 aliphatic heterocycles. The van der Waals surface area contributed by atoms with Crippen molar-refractivity contribution in [2.45, 2.75) is 19.8 Å². The first-order valence-corrected chi connectivity index (χ1v) is 9.57. The van der Waals surface area contributed by atoms with E-state index in [0.29, 0.717) is 11.7 Å². The van der Waals surface area contributed by atoms with Gasteiger partial charge in [-0.3, -0.25) is 4.79 Å². The molecule has 30 heavy (non-hydrogen) atoms. The number of aryl methyl sites for hydroxylation is 1. The maximum absolute atomic E-state index is 10.7. The molecule has 0 saturated carbocycles. The number of nitrogens with zero attached hydrogens (tertiary/aromatic N) is 1. The van der Waals surface area contributed by atoms with E-state index in [9.17, 15) is 4.79 Å². The quantitative estimate of drug-likeness (QED) is 0.447. The molecule has 0 atom stereocenters. The predicted octanol–water partition coefficient (Wildman–Crippen LogP) is 3.00. The van der Waals surface area contributed by atoms with E-state index in [0.717, 1.165) is 16.8 Å². The zero-order valence-corrected chi connectivity index (χ0v) is 16.9. The highest BCUT2D eigenvalue weighted by Gasteiger charge is 2.20. The molecule has 3 aromatic rings. The second-order valence-electron chi connectivity index (χ2n) is 7.20. The SMILES string of the molecule is CC(CO)(CO)CO.O=C(O)CCc1nc(-c2ccccc2)c(-c2ccccc2)o1. The van der Waals surface area contributed by atoms with Crippen molar-refractivity contribution in [2.24, 2.45) is 5.41 Å². The molecular weight excluding hydrogens is 386 g/mol. The minimum Gasteiger partial charge on any atom is -0.481 e. The number of benzene rings is 2. The summed E-state index contributed by atoms with van der Waals surface area (Å²) in [6.07, 6.45) is 0.283. The molecule has 4 N–H and O–H groups in total. The van der Waals surface area contributed by atoms with Crippen LogP contribution in [-0.2, 0) is 11.2 Å². The molecule has 160 valence electrons. The Kier molecular flexibility index (Phi) is 8.73. The predicted molar refractivity (Wildman–Crippen MR) is 113 cm³/mol. The van der Waals surface area contributed by atoms with Crippen molar-refractivity contribution in [3.63, 3.8) is 0 Å². The van der Waals surface area contributed by atoms with Crippen LogP contribution in [0.15, 0.2) is 65.1 Å². The van der Waals surface area contributed by atoms with Gasteiger partial charge in [-0.1, -0.05) is 67.6 Å². The van der Waals surface area contributed by atoms with Crippen LogP contribution < -0.4 is 0 Å². The summed E-state index contributed by atoms with van der Waals surface area (Å²) >= 11 is 0. The van der Waals surface area contributed by atoms with Crippen molar-refractivity contribution in [3.05, 3.63) is 66.6 Å². The van der Waals surface area contributed by atoms with Crippen LogP contribution in [0.5, 0.6) is 0 Å². The number of carbonyl (C=O) groups is 1. The minimum absolute atomic E-state index is 0.00295. The van der Waals surface area contributed by atoms with Crippen molar-refractivity contribution in [1.82, 2.24) is 4.98 Å². The number of rotatable bonds is 8. The lowest BCUT2D eigenvalue weighted by atomic mass is 9.95. The number of aliphatic hydroxyl groups excluding tert-OH is 3. The second kappa shape index (κ2) is 11.3. The second-order valence-corrected chi connectivity index (χ2v) is 7.20. The number of aliphatic carboxylic acids is 1. The van der Waals surface area contributed by atoms with Gasteiger partial charge in [0.05, 0.1) is 26.2 Å². The fraction of sp³-hybridized carbons (Fsp3) is 0.304. The van der Waals surface area contributed by atoms with Crippen LogP contribution >= 0.6 is 0 Å². The van der Waals surface area contributed by atoms with Crippen molar-refractivity contribution in [1.29, 1.82) is 0 Å². The molecule has 0 aliphatic rings. The van der Waals surface area contributed by atoms with E-state index in [-0.39, 0.29) is 32.7 Å². The lowest BCUT2D eigenvalue weighted by molar-refractivity contribution is -0.137. The summed E-state index contributed by atoms with van der Waals surface area (Å²) in [7, 11) is 0. The van der Waals surface area contributed by atoms with Gasteiger partial charge < -0.3 is 24.8 Å². The first kappa shape index (κ1) is 23.3. The minimum atomic E-state index is -0.860. The number of hydrogen-bond acceptors (Lipinski definition) is 6. The summed E-state index contributed by atoms with van der Waals surface area (Å²) in [6.45, 7) is 1.06. The van der Waals surface area contributed by atoms with Crippen LogP contribution in [0.25, 0.3) is 22.6 Å². The number of aliphatic hydroxyl groups is 3. The molecule has 0 amide bonds. The normalized spacial score (nSPS) is 10.9. The van der Waals surface area contributed by atoms with Crippen LogP contribution in [0.1, 0.15) is 19.2 Å². The van der Waals surface area contributed by atoms with Gasteiger partial charge in [-0.2, -0.15) is 0 Å². The summed E-state index contributed by atoms with van der Waals surface area (Å²) in [4.78, 5) is 15.2. The van der Waals surface area contributed by atoms with E-state index >= 15 is 0 Å². The monoisotopic (exact) mass is 413 g/mol. The van der Waals surface area contributed by atoms with E-state index in [1.807, 2.05) is 60.7 Å². The van der Waals surface area contributed by atoms with Gasteiger partial charge in [0.25, 0.3) is 0 Å². The third-order valence-electron chi connectivity index (χ3n) is 4.45. The fourth-order valence-electron chi connectivity index (χ4n) is 2.41. The van der Waals surface area contributed by atoms with Crippen LogP contribution in [0.4, 0.5) is 0 Å². The number of carboxylic acid groups (broad SMARTS) is 1. The zero-order chi connectivity index (χ0) is 22.0. The molecule has 0 bridgehead atoms. The maximum Gasteiger partial charge on any atom is 0.303 e. The van der Waals surface area contributed by atoms with Crippen LogP contribution in [0.2, 0.25) is 0 Å². The highest BCUT2D eigenvalue weighted by molar-refractivity contribution is 5.76. The molecule has 0 aliphatic carbocycles. The largest absolute Gasteiger partial charge is 0.481 e. The van der Waals surface area contributed by atoms with Gasteiger partial charge in [-0.15, -0.1) is 0 Å². The Labute approximate surface area is 175 Å². The van der Waals surface area contributed by atoms with Crippen LogP contribution in [-0.4, -0.2) is 51.2 Å². The van der Waals surface area contributed by atoms with E-state index in [1.54, 1.807) is 6.92 Å². The molecule has 3 rings (SSSR count). The highest BCUT2D eigenvalue weighted by Crippen LogP contribution is 2.32. The molecule has 0 fully saturated rings. The fourth-order valence-corrected chi connectivity index (χ4v) is 2.41. The summed E-state index contributed by atoms with van der Waals surface area (Å²) in [5.74, 6) is 0.257. The molecule has 7 heteroatoms. The summed E-state index contributed by atoms with van der Waals surface area (Å²) < 4.78 is 5.83. The number of carboxylic acids is 1. The smallest absolute Gasteiger partial charge is 0.303 e. The van der Waals surface area contributed by atoms with Crippen LogP contribution in [0.3, 0.4) is 0 Å². The Morgan fingerprint density at radius 3 is 1.83 bits per heavy atom. The Morgan fingerprint density at radius 2 is 1.40 bits per heavy atom. The molecular formula is C23H27NO6. The van der Waals surface area contributed by atoms with Gasteiger partial charge in [0.2, 0.25) is 0 Å². The van der Waals surface area contributed by atoms with Crippen molar-refractivity contribution in [2.75, 3.05) is 19.8 Å². The lowest BCUT2D eigenvalue weighted by Gasteiger charge is -2.20. The van der Waals surface area contributed by atoms with Crippen molar-refractivity contribution >= 4 is 5.97 Å². The number of oxazole rings is 1. The molecule has 0 radical (unpaired) electrons. The summed E-state index contributed by atoms with van der Waals surface area (Å²) in [5, 5.41) is 34.2. The van der Waals surface area contributed by atoms with Crippen LogP contribution in [0, 0.1) is 5.41 Å². The number of aromatic nitrogens is 1. The molecule has 0 unspecified atom stereocenters. The van der Waals surface area contributed by atoms with Gasteiger partial charge >= 0.3 is 5.97 Å². The van der Waals surface area contributed by atoms with Gasteiger partial charge in [0.1, 0.15) is 5.69 Å². The number of hydrogen-bond donors (Lipinski definition) is 4. The Morgan fingerprint density at radius 1 is 0.900 bits per heavy atom. The molecule has 1 heterocycles. The van der Waals surface area contributed by atoms with E-state index in [1.165, 1.54) is 0 Å². The topological polar surface area (TPSA) is 124 Å². The van der Waals surface area contributed by atoms with E-state index in [4.69, 9.17) is 24.8 Å². The first-order valence-electron chi connectivity index (χ1n) is 9.57. The maximum atomic E-state index is 10.7. The van der Waals surface area contributed by atoms with Gasteiger partial charge in [-0.25, -0.2) is 4.98 Å². The van der Waals surface area contributed by atoms with Crippen molar-refractivity contribution < 1.29 is 29.6 Å². The lowest BCUT2D eigenvalue weighted by Crippen LogP contribution is -2.29. The summed E-state index contributed by atoms with van der Waals surface area (Å²) in [5.41, 5.74) is 1.91. The molecule has 0 saturated heterocycles. The average molecular weight is 413 g/mol. The van der Waals surface area contributed by atoms with Gasteiger partial charge in [0, 0.05) is 23.0 Å². The highest BCUT2D eigenvalue weighted by atomic mass is 16.4. The van der Waals surface area contributed by atoms with Gasteiger partial charge in [0.15, 0.2) is 11.7 Å². The Bertz CT molecular complexity index is 839. The van der Waals surface area contributed by atoms with E-state index in [2.05, 4.69) is 4.98 Å². The summed E-state index contributed by atoms with van der Waals surface area (Å²) in [6, 6.07) is 19.5. The molecule has 1 aromatic heterocycles. The zero-order valence-electron chi connectivity index (χ0n) is 16.9. The average Bonchev–Trinajstić information content (AvgIpc) is 3.23.